The summed E-state index contributed by atoms with van der Waals surface area (Å²) in [6.07, 6.45) is 4.76. The minimum atomic E-state index is -0.360. The number of amides is 1. The molecule has 1 aliphatic rings. The first kappa shape index (κ1) is 16.4. The summed E-state index contributed by atoms with van der Waals surface area (Å²) in [7, 11) is 0. The molecule has 1 rings (SSSR count). The van der Waals surface area contributed by atoms with Gasteiger partial charge in [-0.05, 0) is 47.0 Å². The molecule has 0 bridgehead atoms. The summed E-state index contributed by atoms with van der Waals surface area (Å²) >= 11 is 0. The van der Waals surface area contributed by atoms with Gasteiger partial charge in [0.2, 0.25) is 5.91 Å². The third kappa shape index (κ3) is 5.49. The molecular formula is C15H31N3O. The van der Waals surface area contributed by atoms with Gasteiger partial charge in [-0.25, -0.2) is 0 Å². The maximum atomic E-state index is 12.1. The van der Waals surface area contributed by atoms with Crippen LogP contribution < -0.4 is 16.4 Å². The number of carbonyl (C=O) groups excluding carboxylic acids is 1. The van der Waals surface area contributed by atoms with Gasteiger partial charge >= 0.3 is 0 Å². The Balaban J connectivity index is 2.54. The quantitative estimate of drug-likeness (QED) is 0.714. The van der Waals surface area contributed by atoms with E-state index in [9.17, 15) is 4.79 Å². The van der Waals surface area contributed by atoms with Gasteiger partial charge in [-0.1, -0.05) is 19.8 Å². The van der Waals surface area contributed by atoms with Crippen LogP contribution in [0.1, 0.15) is 66.7 Å². The second-order valence-electron chi connectivity index (χ2n) is 7.26. The van der Waals surface area contributed by atoms with E-state index in [2.05, 4.69) is 45.3 Å². The molecule has 0 spiro atoms. The lowest BCUT2D eigenvalue weighted by Crippen LogP contribution is -2.63. The molecule has 1 atom stereocenters. The number of rotatable bonds is 5. The Bertz CT molecular complexity index is 297. The molecule has 1 heterocycles. The summed E-state index contributed by atoms with van der Waals surface area (Å²) in [6.45, 7) is 10.9. The molecule has 0 aromatic heterocycles. The SMILES string of the molecule is CCCCC(N)C(=O)NC1CC(C)(C)NC(C)(C)C1. The highest BCUT2D eigenvalue weighted by atomic mass is 16.2. The van der Waals surface area contributed by atoms with Crippen molar-refractivity contribution in [2.24, 2.45) is 5.73 Å². The molecule has 0 aromatic rings. The van der Waals surface area contributed by atoms with E-state index in [1.807, 2.05) is 0 Å². The first-order chi connectivity index (χ1) is 8.65. The Kier molecular flexibility index (Phi) is 5.39. The van der Waals surface area contributed by atoms with Crippen LogP contribution in [0.5, 0.6) is 0 Å². The van der Waals surface area contributed by atoms with Gasteiger partial charge in [-0.3, -0.25) is 4.79 Å². The molecule has 0 radical (unpaired) electrons. The van der Waals surface area contributed by atoms with E-state index < -0.39 is 0 Å². The predicted octanol–water partition coefficient (Wildman–Crippen LogP) is 1.93. The monoisotopic (exact) mass is 269 g/mol. The molecule has 1 saturated heterocycles. The van der Waals surface area contributed by atoms with Gasteiger partial charge in [0.15, 0.2) is 0 Å². The summed E-state index contributed by atoms with van der Waals surface area (Å²) in [5.41, 5.74) is 6.03. The topological polar surface area (TPSA) is 67.2 Å². The Labute approximate surface area is 117 Å². The van der Waals surface area contributed by atoms with Gasteiger partial charge in [-0.15, -0.1) is 0 Å². The summed E-state index contributed by atoms with van der Waals surface area (Å²) in [4.78, 5) is 12.1. The Morgan fingerprint density at radius 3 is 2.32 bits per heavy atom. The first-order valence-corrected chi connectivity index (χ1v) is 7.50. The molecule has 19 heavy (non-hydrogen) atoms. The Morgan fingerprint density at radius 2 is 1.84 bits per heavy atom. The van der Waals surface area contributed by atoms with Crippen molar-refractivity contribution < 1.29 is 4.79 Å². The molecule has 1 aliphatic heterocycles. The van der Waals surface area contributed by atoms with E-state index in [4.69, 9.17) is 5.73 Å². The zero-order valence-corrected chi connectivity index (χ0v) is 13.2. The Hall–Kier alpha value is -0.610. The number of hydrogen-bond donors (Lipinski definition) is 3. The highest BCUT2D eigenvalue weighted by molar-refractivity contribution is 5.81. The van der Waals surface area contributed by atoms with Crippen LogP contribution in [0.4, 0.5) is 0 Å². The van der Waals surface area contributed by atoms with Gasteiger partial charge < -0.3 is 16.4 Å². The third-order valence-corrected chi connectivity index (χ3v) is 3.74. The van der Waals surface area contributed by atoms with E-state index in [0.717, 1.165) is 32.1 Å². The van der Waals surface area contributed by atoms with E-state index in [1.54, 1.807) is 0 Å². The van der Waals surface area contributed by atoms with Crippen LogP contribution >= 0.6 is 0 Å². The number of carbonyl (C=O) groups is 1. The van der Waals surface area contributed by atoms with Crippen LogP contribution in [0.15, 0.2) is 0 Å². The average Bonchev–Trinajstić information content (AvgIpc) is 2.20. The lowest BCUT2D eigenvalue weighted by Gasteiger charge is -2.46. The molecule has 0 aliphatic carbocycles. The van der Waals surface area contributed by atoms with Crippen molar-refractivity contribution >= 4 is 5.91 Å². The van der Waals surface area contributed by atoms with Crippen molar-refractivity contribution in [1.82, 2.24) is 10.6 Å². The Morgan fingerprint density at radius 1 is 1.32 bits per heavy atom. The number of piperidine rings is 1. The fourth-order valence-electron chi connectivity index (χ4n) is 3.29. The number of unbranched alkanes of at least 4 members (excludes halogenated alkanes) is 1. The van der Waals surface area contributed by atoms with Crippen LogP contribution in [0.25, 0.3) is 0 Å². The van der Waals surface area contributed by atoms with Gasteiger partial charge in [0.25, 0.3) is 0 Å². The summed E-state index contributed by atoms with van der Waals surface area (Å²) in [5, 5.41) is 6.75. The van der Waals surface area contributed by atoms with Crippen molar-refractivity contribution in [3.05, 3.63) is 0 Å². The number of hydrogen-bond acceptors (Lipinski definition) is 3. The van der Waals surface area contributed by atoms with Crippen LogP contribution in [0, 0.1) is 0 Å². The molecule has 0 aromatic carbocycles. The standard InChI is InChI=1S/C15H31N3O/c1-6-7-8-12(16)13(19)17-11-9-14(2,3)18-15(4,5)10-11/h11-12,18H,6-10,16H2,1-5H3,(H,17,19). The van der Waals surface area contributed by atoms with Gasteiger partial charge in [0.05, 0.1) is 6.04 Å². The number of nitrogens with two attached hydrogens (primary N) is 1. The van der Waals surface area contributed by atoms with Crippen molar-refractivity contribution in [2.75, 3.05) is 0 Å². The molecule has 4 heteroatoms. The second-order valence-corrected chi connectivity index (χ2v) is 7.26. The fraction of sp³-hybridized carbons (Fsp3) is 0.933. The highest BCUT2D eigenvalue weighted by Gasteiger charge is 2.38. The molecule has 1 unspecified atom stereocenters. The summed E-state index contributed by atoms with van der Waals surface area (Å²) in [6, 6.07) is -0.146. The average molecular weight is 269 g/mol. The third-order valence-electron chi connectivity index (χ3n) is 3.74. The van der Waals surface area contributed by atoms with E-state index >= 15 is 0 Å². The first-order valence-electron chi connectivity index (χ1n) is 7.50. The van der Waals surface area contributed by atoms with Crippen LogP contribution in [0.3, 0.4) is 0 Å². The largest absolute Gasteiger partial charge is 0.352 e. The molecule has 0 saturated carbocycles. The molecule has 4 nitrogen and oxygen atoms in total. The molecular weight excluding hydrogens is 238 g/mol. The summed E-state index contributed by atoms with van der Waals surface area (Å²) < 4.78 is 0. The fourth-order valence-corrected chi connectivity index (χ4v) is 3.29. The molecule has 1 amide bonds. The smallest absolute Gasteiger partial charge is 0.237 e. The van der Waals surface area contributed by atoms with Gasteiger partial charge in [-0.2, -0.15) is 0 Å². The minimum Gasteiger partial charge on any atom is -0.352 e. The summed E-state index contributed by atoms with van der Waals surface area (Å²) in [5.74, 6) is 0.00644. The maximum Gasteiger partial charge on any atom is 0.237 e. The normalized spacial score (nSPS) is 23.9. The van der Waals surface area contributed by atoms with Crippen LogP contribution in [-0.4, -0.2) is 29.1 Å². The zero-order chi connectivity index (χ0) is 14.7. The van der Waals surface area contributed by atoms with Crippen molar-refractivity contribution in [3.63, 3.8) is 0 Å². The van der Waals surface area contributed by atoms with Gasteiger partial charge in [0.1, 0.15) is 0 Å². The molecule has 112 valence electrons. The highest BCUT2D eigenvalue weighted by Crippen LogP contribution is 2.28. The van der Waals surface area contributed by atoms with E-state index in [1.165, 1.54) is 0 Å². The second kappa shape index (κ2) is 6.23. The zero-order valence-electron chi connectivity index (χ0n) is 13.2. The lowest BCUT2D eigenvalue weighted by atomic mass is 9.79. The predicted molar refractivity (Wildman–Crippen MR) is 80.0 cm³/mol. The van der Waals surface area contributed by atoms with Crippen molar-refractivity contribution in [3.8, 4) is 0 Å². The number of nitrogens with one attached hydrogen (secondary N) is 2. The van der Waals surface area contributed by atoms with Crippen molar-refractivity contribution in [1.29, 1.82) is 0 Å². The van der Waals surface area contributed by atoms with Crippen LogP contribution in [0.2, 0.25) is 0 Å². The maximum absolute atomic E-state index is 12.1. The lowest BCUT2D eigenvalue weighted by molar-refractivity contribution is -0.123. The van der Waals surface area contributed by atoms with Crippen LogP contribution in [-0.2, 0) is 4.79 Å². The van der Waals surface area contributed by atoms with Crippen molar-refractivity contribution in [2.45, 2.75) is 89.9 Å². The van der Waals surface area contributed by atoms with Gasteiger partial charge in [0, 0.05) is 17.1 Å². The van der Waals surface area contributed by atoms with E-state index in [-0.39, 0.29) is 29.1 Å². The van der Waals surface area contributed by atoms with E-state index in [0.29, 0.717) is 0 Å². The molecule has 4 N–H and O–H groups in total. The molecule has 1 fully saturated rings. The minimum absolute atomic E-state index is 0.00644.